The molecule has 0 aromatic heterocycles. The number of rotatable bonds is 20. The molecule has 9 heteroatoms. The van der Waals surface area contributed by atoms with Crippen molar-refractivity contribution in [3.8, 4) is 0 Å². The quantitative estimate of drug-likeness (QED) is 0.279. The van der Waals surface area contributed by atoms with E-state index in [-0.39, 0.29) is 24.0 Å². The van der Waals surface area contributed by atoms with Gasteiger partial charge in [-0.2, -0.15) is 0 Å². The minimum absolute atomic E-state index is 0.0650. The van der Waals surface area contributed by atoms with Gasteiger partial charge in [-0.15, -0.1) is 0 Å². The van der Waals surface area contributed by atoms with Crippen molar-refractivity contribution in [2.45, 2.75) is 52.9 Å². The lowest BCUT2D eigenvalue weighted by Gasteiger charge is -2.08. The van der Waals surface area contributed by atoms with Gasteiger partial charge in [0.25, 0.3) is 0 Å². The maximum Gasteiger partial charge on any atom is 0.222 e. The fraction of sp³-hybridized carbons (Fsp3) is 0.857. The largest absolute Gasteiger partial charge is 0.383 e. The minimum Gasteiger partial charge on any atom is -0.383 e. The number of methoxy groups -OCH3 is 1. The number of hydrogen-bond acceptors (Lipinski definition) is 7. The van der Waals surface area contributed by atoms with Crippen LogP contribution in [0.1, 0.15) is 52.9 Å². The molecule has 0 spiro atoms. The van der Waals surface area contributed by atoms with Gasteiger partial charge in [0.05, 0.1) is 46.2 Å². The first-order valence-corrected chi connectivity index (χ1v) is 10.9. The molecule has 0 fully saturated rings. The molecule has 0 heterocycles. The molecule has 9 nitrogen and oxygen atoms in total. The monoisotopic (exact) mass is 434 g/mol. The van der Waals surface area contributed by atoms with Gasteiger partial charge < -0.3 is 29.6 Å². The Morgan fingerprint density at radius 3 is 1.60 bits per heavy atom. The molecule has 0 radical (unpaired) electrons. The van der Waals surface area contributed by atoms with Crippen molar-refractivity contribution in [3.63, 3.8) is 0 Å². The van der Waals surface area contributed by atoms with Gasteiger partial charge in [-0.25, -0.2) is 0 Å². The Kier molecular flexibility index (Phi) is 26.0. The summed E-state index contributed by atoms with van der Waals surface area (Å²) in [6.45, 7) is 9.68. The number of carbonyl (C=O) groups is 3. The first-order valence-electron chi connectivity index (χ1n) is 10.9. The molecule has 0 aromatic carbocycles. The molecular formula is C21H42N2O7. The molecule has 0 saturated heterocycles. The highest BCUT2D eigenvalue weighted by molar-refractivity contribution is 5.78. The van der Waals surface area contributed by atoms with Gasteiger partial charge in [-0.1, -0.05) is 20.8 Å². The van der Waals surface area contributed by atoms with Crippen molar-refractivity contribution >= 4 is 17.6 Å². The molecular weight excluding hydrogens is 392 g/mol. The molecule has 0 aliphatic rings. The van der Waals surface area contributed by atoms with Crippen molar-refractivity contribution in [1.29, 1.82) is 0 Å². The van der Waals surface area contributed by atoms with E-state index in [2.05, 4.69) is 10.6 Å². The van der Waals surface area contributed by atoms with E-state index >= 15 is 0 Å². The van der Waals surface area contributed by atoms with Crippen LogP contribution in [-0.4, -0.2) is 84.0 Å². The summed E-state index contributed by atoms with van der Waals surface area (Å²) in [7, 11) is 1.58. The zero-order valence-electron chi connectivity index (χ0n) is 19.3. The summed E-state index contributed by atoms with van der Waals surface area (Å²) >= 11 is 0. The molecule has 2 N–H and O–H groups in total. The predicted molar refractivity (Wildman–Crippen MR) is 115 cm³/mol. The summed E-state index contributed by atoms with van der Waals surface area (Å²) in [5.74, 6) is 0.0702. The summed E-state index contributed by atoms with van der Waals surface area (Å²) in [6, 6.07) is 0. The molecule has 0 aromatic rings. The zero-order chi connectivity index (χ0) is 22.9. The van der Waals surface area contributed by atoms with Crippen LogP contribution >= 0.6 is 0 Å². The molecule has 30 heavy (non-hydrogen) atoms. The molecule has 0 rings (SSSR count). The lowest BCUT2D eigenvalue weighted by molar-refractivity contribution is -0.123. The predicted octanol–water partition coefficient (Wildman–Crippen LogP) is 1.48. The topological polar surface area (TPSA) is 112 Å². The van der Waals surface area contributed by atoms with Crippen molar-refractivity contribution < 1.29 is 33.3 Å². The Balaban J connectivity index is 0. The fourth-order valence-electron chi connectivity index (χ4n) is 2.03. The number of amides is 2. The minimum atomic E-state index is -0.0791. The van der Waals surface area contributed by atoms with Gasteiger partial charge in [0.15, 0.2) is 0 Å². The van der Waals surface area contributed by atoms with E-state index in [4.69, 9.17) is 18.9 Å². The van der Waals surface area contributed by atoms with Crippen LogP contribution in [0.15, 0.2) is 0 Å². The van der Waals surface area contributed by atoms with Gasteiger partial charge in [0.2, 0.25) is 11.8 Å². The van der Waals surface area contributed by atoms with E-state index in [0.29, 0.717) is 85.0 Å². The third-order valence-electron chi connectivity index (χ3n) is 3.67. The molecule has 2 amide bonds. The summed E-state index contributed by atoms with van der Waals surface area (Å²) in [6.07, 6.45) is 2.33. The first-order chi connectivity index (χ1) is 14.6. The van der Waals surface area contributed by atoms with Crippen LogP contribution in [0, 0.1) is 0 Å². The maximum atomic E-state index is 11.6. The highest BCUT2D eigenvalue weighted by Crippen LogP contribution is 1.93. The van der Waals surface area contributed by atoms with Crippen LogP contribution in [0.5, 0.6) is 0 Å². The average Bonchev–Trinajstić information content (AvgIpc) is 2.76. The van der Waals surface area contributed by atoms with Gasteiger partial charge >= 0.3 is 0 Å². The van der Waals surface area contributed by atoms with Crippen molar-refractivity contribution in [2.24, 2.45) is 0 Å². The van der Waals surface area contributed by atoms with Crippen LogP contribution in [-0.2, 0) is 33.3 Å². The highest BCUT2D eigenvalue weighted by atomic mass is 16.5. The van der Waals surface area contributed by atoms with Gasteiger partial charge in [-0.05, 0) is 6.42 Å². The second-order valence-electron chi connectivity index (χ2n) is 6.03. The Hall–Kier alpha value is -1.55. The molecule has 0 saturated carbocycles. The zero-order valence-corrected chi connectivity index (χ0v) is 19.3. The molecule has 0 aliphatic heterocycles. The Morgan fingerprint density at radius 1 is 0.667 bits per heavy atom. The van der Waals surface area contributed by atoms with E-state index in [9.17, 15) is 14.4 Å². The Labute approximate surface area is 181 Å². The third-order valence-corrected chi connectivity index (χ3v) is 3.67. The van der Waals surface area contributed by atoms with Crippen LogP contribution in [0.3, 0.4) is 0 Å². The first kappa shape index (κ1) is 30.6. The van der Waals surface area contributed by atoms with Gasteiger partial charge in [0.1, 0.15) is 5.78 Å². The lowest BCUT2D eigenvalue weighted by Crippen LogP contribution is -2.27. The standard InChI is InChI=1S/C19H36N2O7.C2H6/c1-3-17(22)5-4-8-20-18(23)6-10-26-13-15-28-16-14-27-11-7-19(24)21-9-12-25-2;1-2/h3-16H2,1-2H3,(H,20,23)(H,21,24);1-2H3. The summed E-state index contributed by atoms with van der Waals surface area (Å²) < 4.78 is 20.8. The van der Waals surface area contributed by atoms with Crippen LogP contribution < -0.4 is 10.6 Å². The summed E-state index contributed by atoms with van der Waals surface area (Å²) in [5, 5.41) is 5.47. The average molecular weight is 435 g/mol. The number of ether oxygens (including phenoxy) is 4. The highest BCUT2D eigenvalue weighted by Gasteiger charge is 2.03. The smallest absolute Gasteiger partial charge is 0.222 e. The van der Waals surface area contributed by atoms with E-state index in [1.807, 2.05) is 20.8 Å². The summed E-state index contributed by atoms with van der Waals surface area (Å²) in [5.41, 5.74) is 0. The van der Waals surface area contributed by atoms with Gasteiger partial charge in [0, 0.05) is 45.9 Å². The molecule has 0 bridgehead atoms. The third kappa shape index (κ3) is 24.5. The number of carbonyl (C=O) groups excluding carboxylic acids is 3. The molecule has 178 valence electrons. The Bertz CT molecular complexity index is 420. The van der Waals surface area contributed by atoms with Crippen LogP contribution in [0.4, 0.5) is 0 Å². The van der Waals surface area contributed by atoms with Crippen molar-refractivity contribution in [1.82, 2.24) is 10.6 Å². The van der Waals surface area contributed by atoms with Crippen LogP contribution in [0.25, 0.3) is 0 Å². The SMILES string of the molecule is CC.CCC(=O)CCCNC(=O)CCOCCOCCOCCC(=O)NCCOC. The fourth-order valence-corrected chi connectivity index (χ4v) is 2.03. The van der Waals surface area contributed by atoms with Gasteiger partial charge in [-0.3, -0.25) is 14.4 Å². The molecule has 0 unspecified atom stereocenters. The number of Topliss-reactive ketones (excluding diaryl/α,β-unsaturated/α-hetero) is 1. The van der Waals surface area contributed by atoms with E-state index < -0.39 is 0 Å². The second-order valence-corrected chi connectivity index (χ2v) is 6.03. The lowest BCUT2D eigenvalue weighted by atomic mass is 10.2. The van der Waals surface area contributed by atoms with Crippen molar-refractivity contribution in [2.75, 3.05) is 66.4 Å². The van der Waals surface area contributed by atoms with Crippen molar-refractivity contribution in [3.05, 3.63) is 0 Å². The van der Waals surface area contributed by atoms with E-state index in [1.165, 1.54) is 0 Å². The summed E-state index contributed by atoms with van der Waals surface area (Å²) in [4.78, 5) is 34.1. The van der Waals surface area contributed by atoms with Crippen LogP contribution in [0.2, 0.25) is 0 Å². The number of hydrogen-bond donors (Lipinski definition) is 2. The second kappa shape index (κ2) is 25.5. The normalized spacial score (nSPS) is 10.1. The van der Waals surface area contributed by atoms with E-state index in [0.717, 1.165) is 0 Å². The molecule has 0 atom stereocenters. The number of ketones is 1. The maximum absolute atomic E-state index is 11.6. The van der Waals surface area contributed by atoms with E-state index in [1.54, 1.807) is 7.11 Å². The molecule has 0 aliphatic carbocycles. The Morgan fingerprint density at radius 2 is 1.13 bits per heavy atom. The number of nitrogens with one attached hydrogen (secondary N) is 2.